The summed E-state index contributed by atoms with van der Waals surface area (Å²) in [6.07, 6.45) is 12.2. The molecule has 0 aromatic rings. The maximum Gasteiger partial charge on any atom is 0.133 e. The Bertz CT molecular complexity index is 293. The van der Waals surface area contributed by atoms with Crippen molar-refractivity contribution >= 4 is 5.78 Å². The molecular weight excluding hydrogens is 224 g/mol. The Morgan fingerprint density at radius 3 is 2.72 bits per heavy atom. The third-order valence-corrected chi connectivity index (χ3v) is 5.39. The van der Waals surface area contributed by atoms with Crippen molar-refractivity contribution in [3.05, 3.63) is 0 Å². The number of ether oxygens (including phenoxy) is 1. The molecule has 4 atom stereocenters. The summed E-state index contributed by atoms with van der Waals surface area (Å²) in [5.41, 5.74) is 0. The lowest BCUT2D eigenvalue weighted by Crippen LogP contribution is -2.21. The molecule has 3 rings (SSSR count). The van der Waals surface area contributed by atoms with Crippen molar-refractivity contribution in [1.29, 1.82) is 0 Å². The van der Waals surface area contributed by atoms with Crippen LogP contribution in [0.2, 0.25) is 0 Å². The summed E-state index contributed by atoms with van der Waals surface area (Å²) in [5.74, 6) is 3.10. The molecule has 0 aromatic carbocycles. The predicted octanol–water partition coefficient (Wildman–Crippen LogP) is 3.73. The van der Waals surface area contributed by atoms with Crippen LogP contribution in [0, 0.1) is 17.8 Å². The Balaban J connectivity index is 1.36. The monoisotopic (exact) mass is 250 g/mol. The zero-order chi connectivity index (χ0) is 12.4. The molecule has 2 nitrogen and oxygen atoms in total. The van der Waals surface area contributed by atoms with Crippen LogP contribution >= 0.6 is 0 Å². The van der Waals surface area contributed by atoms with Gasteiger partial charge >= 0.3 is 0 Å². The van der Waals surface area contributed by atoms with Crippen LogP contribution < -0.4 is 0 Å². The standard InChI is InChI=1S/C16H26O2/c17-15(6-7-16-3-1-2-8-18-16)11-14-10-12-4-5-13(14)9-12/h12-14,16H,1-11H2. The average molecular weight is 250 g/mol. The maximum absolute atomic E-state index is 12.1. The normalized spacial score (nSPS) is 39.1. The summed E-state index contributed by atoms with van der Waals surface area (Å²) >= 11 is 0. The zero-order valence-electron chi connectivity index (χ0n) is 11.4. The van der Waals surface area contributed by atoms with Gasteiger partial charge in [-0.05, 0) is 62.7 Å². The molecule has 0 aromatic heterocycles. The van der Waals surface area contributed by atoms with Gasteiger partial charge < -0.3 is 4.74 Å². The first-order valence-corrected chi connectivity index (χ1v) is 7.94. The van der Waals surface area contributed by atoms with Crippen molar-refractivity contribution in [3.8, 4) is 0 Å². The van der Waals surface area contributed by atoms with Crippen molar-refractivity contribution in [3.63, 3.8) is 0 Å². The molecule has 3 aliphatic rings. The summed E-state index contributed by atoms with van der Waals surface area (Å²) in [4.78, 5) is 12.1. The minimum absolute atomic E-state index is 0.378. The Hall–Kier alpha value is -0.370. The Morgan fingerprint density at radius 2 is 2.06 bits per heavy atom. The van der Waals surface area contributed by atoms with E-state index >= 15 is 0 Å². The number of carbonyl (C=O) groups excluding carboxylic acids is 1. The average Bonchev–Trinajstić information content (AvgIpc) is 3.00. The van der Waals surface area contributed by atoms with Crippen molar-refractivity contribution in [1.82, 2.24) is 0 Å². The van der Waals surface area contributed by atoms with Crippen LogP contribution in [-0.4, -0.2) is 18.5 Å². The molecule has 3 fully saturated rings. The van der Waals surface area contributed by atoms with E-state index < -0.39 is 0 Å². The zero-order valence-corrected chi connectivity index (χ0v) is 11.4. The van der Waals surface area contributed by atoms with Gasteiger partial charge in [0.05, 0.1) is 6.10 Å². The summed E-state index contributed by atoms with van der Waals surface area (Å²) in [6, 6.07) is 0. The molecule has 0 spiro atoms. The molecule has 2 heteroatoms. The molecule has 0 N–H and O–H groups in total. The molecule has 1 heterocycles. The fourth-order valence-electron chi connectivity index (χ4n) is 4.38. The molecule has 0 radical (unpaired) electrons. The van der Waals surface area contributed by atoms with Gasteiger partial charge in [0.15, 0.2) is 0 Å². The summed E-state index contributed by atoms with van der Waals surface area (Å²) in [7, 11) is 0. The topological polar surface area (TPSA) is 26.3 Å². The maximum atomic E-state index is 12.1. The van der Waals surface area contributed by atoms with E-state index in [1.807, 2.05) is 0 Å². The number of Topliss-reactive ketones (excluding diaryl/α,β-unsaturated/α-hetero) is 1. The molecule has 102 valence electrons. The minimum atomic E-state index is 0.378. The number of ketones is 1. The van der Waals surface area contributed by atoms with Crippen LogP contribution in [0.4, 0.5) is 0 Å². The number of carbonyl (C=O) groups is 1. The van der Waals surface area contributed by atoms with Gasteiger partial charge in [0.25, 0.3) is 0 Å². The van der Waals surface area contributed by atoms with Gasteiger partial charge in [-0.3, -0.25) is 4.79 Å². The second-order valence-electron chi connectivity index (χ2n) is 6.70. The first-order chi connectivity index (χ1) is 8.81. The van der Waals surface area contributed by atoms with Gasteiger partial charge in [-0.25, -0.2) is 0 Å². The largest absolute Gasteiger partial charge is 0.378 e. The van der Waals surface area contributed by atoms with E-state index in [-0.39, 0.29) is 0 Å². The van der Waals surface area contributed by atoms with E-state index in [4.69, 9.17) is 4.74 Å². The fraction of sp³-hybridized carbons (Fsp3) is 0.938. The van der Waals surface area contributed by atoms with Crippen molar-refractivity contribution in [2.45, 2.75) is 70.3 Å². The van der Waals surface area contributed by atoms with Gasteiger partial charge in [-0.1, -0.05) is 6.42 Å². The van der Waals surface area contributed by atoms with Crippen LogP contribution in [0.5, 0.6) is 0 Å². The van der Waals surface area contributed by atoms with E-state index in [0.29, 0.717) is 11.9 Å². The molecule has 2 aliphatic carbocycles. The van der Waals surface area contributed by atoms with E-state index in [2.05, 4.69) is 0 Å². The second-order valence-corrected chi connectivity index (χ2v) is 6.70. The van der Waals surface area contributed by atoms with Crippen LogP contribution in [-0.2, 0) is 9.53 Å². The smallest absolute Gasteiger partial charge is 0.133 e. The van der Waals surface area contributed by atoms with E-state index in [1.165, 1.54) is 44.9 Å². The number of rotatable bonds is 5. The van der Waals surface area contributed by atoms with Crippen molar-refractivity contribution < 1.29 is 9.53 Å². The third-order valence-electron chi connectivity index (χ3n) is 5.39. The van der Waals surface area contributed by atoms with Crippen LogP contribution in [0.25, 0.3) is 0 Å². The molecule has 4 unspecified atom stereocenters. The SMILES string of the molecule is O=C(CCC1CCCCO1)CC1CC2CCC1C2. The van der Waals surface area contributed by atoms with Gasteiger partial charge in [-0.2, -0.15) is 0 Å². The number of hydrogen-bond donors (Lipinski definition) is 0. The summed E-state index contributed by atoms with van der Waals surface area (Å²) in [6.45, 7) is 0.908. The van der Waals surface area contributed by atoms with E-state index in [0.717, 1.165) is 43.6 Å². The second kappa shape index (κ2) is 5.73. The van der Waals surface area contributed by atoms with E-state index in [1.54, 1.807) is 0 Å². The lowest BCUT2D eigenvalue weighted by Gasteiger charge is -2.23. The highest BCUT2D eigenvalue weighted by molar-refractivity contribution is 5.78. The predicted molar refractivity (Wildman–Crippen MR) is 71.4 cm³/mol. The van der Waals surface area contributed by atoms with Crippen molar-refractivity contribution in [2.24, 2.45) is 17.8 Å². The summed E-state index contributed by atoms with van der Waals surface area (Å²) < 4.78 is 5.70. The van der Waals surface area contributed by atoms with E-state index in [9.17, 15) is 4.79 Å². The highest BCUT2D eigenvalue weighted by atomic mass is 16.5. The Kier molecular flexibility index (Phi) is 4.03. The molecule has 2 saturated carbocycles. The fourth-order valence-corrected chi connectivity index (χ4v) is 4.38. The lowest BCUT2D eigenvalue weighted by atomic mass is 9.84. The first kappa shape index (κ1) is 12.7. The quantitative estimate of drug-likeness (QED) is 0.743. The molecular formula is C16H26O2. The van der Waals surface area contributed by atoms with Crippen LogP contribution in [0.1, 0.15) is 64.2 Å². The van der Waals surface area contributed by atoms with Gasteiger partial charge in [0, 0.05) is 19.4 Å². The number of fused-ring (bicyclic) bond motifs is 2. The van der Waals surface area contributed by atoms with Crippen LogP contribution in [0.3, 0.4) is 0 Å². The van der Waals surface area contributed by atoms with Crippen LogP contribution in [0.15, 0.2) is 0 Å². The highest BCUT2D eigenvalue weighted by Gasteiger charge is 2.39. The summed E-state index contributed by atoms with van der Waals surface area (Å²) in [5, 5.41) is 0. The molecule has 1 saturated heterocycles. The number of hydrogen-bond acceptors (Lipinski definition) is 2. The van der Waals surface area contributed by atoms with Gasteiger partial charge in [-0.15, -0.1) is 0 Å². The molecule has 0 amide bonds. The molecule has 2 bridgehead atoms. The third kappa shape index (κ3) is 2.96. The molecule has 18 heavy (non-hydrogen) atoms. The Labute approximate surface area is 110 Å². The first-order valence-electron chi connectivity index (χ1n) is 7.94. The van der Waals surface area contributed by atoms with Gasteiger partial charge in [0.1, 0.15) is 5.78 Å². The Morgan fingerprint density at radius 1 is 1.11 bits per heavy atom. The van der Waals surface area contributed by atoms with Crippen molar-refractivity contribution in [2.75, 3.05) is 6.61 Å². The minimum Gasteiger partial charge on any atom is -0.378 e. The highest BCUT2D eigenvalue weighted by Crippen LogP contribution is 2.49. The van der Waals surface area contributed by atoms with Gasteiger partial charge in [0.2, 0.25) is 0 Å². The lowest BCUT2D eigenvalue weighted by molar-refractivity contribution is -0.121. The molecule has 1 aliphatic heterocycles.